The molecule has 0 fully saturated rings. The number of rotatable bonds is 6. The average Bonchev–Trinajstić information content (AvgIpc) is 2.39. The van der Waals surface area contributed by atoms with Gasteiger partial charge in [-0.05, 0) is 19.4 Å². The van der Waals surface area contributed by atoms with Crippen molar-refractivity contribution in [3.8, 4) is 0 Å². The molecular formula is C12H19ClN4O. The molecule has 1 aromatic rings. The van der Waals surface area contributed by atoms with Gasteiger partial charge in [0.05, 0.1) is 10.6 Å². The summed E-state index contributed by atoms with van der Waals surface area (Å²) in [6, 6.07) is 1.58. The van der Waals surface area contributed by atoms with Crippen molar-refractivity contribution in [2.24, 2.45) is 5.84 Å². The number of carbonyl (C=O) groups excluding carboxylic acids is 1. The Morgan fingerprint density at radius 3 is 2.78 bits per heavy atom. The van der Waals surface area contributed by atoms with Crippen LogP contribution in [0.25, 0.3) is 0 Å². The van der Waals surface area contributed by atoms with Gasteiger partial charge in [0.25, 0.3) is 5.91 Å². The second kappa shape index (κ2) is 7.18. The predicted molar refractivity (Wildman–Crippen MR) is 73.5 cm³/mol. The Hall–Kier alpha value is -1.33. The van der Waals surface area contributed by atoms with Gasteiger partial charge < -0.3 is 10.3 Å². The zero-order chi connectivity index (χ0) is 13.5. The van der Waals surface area contributed by atoms with Gasteiger partial charge in [0, 0.05) is 19.3 Å². The van der Waals surface area contributed by atoms with Gasteiger partial charge in [-0.3, -0.25) is 4.79 Å². The van der Waals surface area contributed by atoms with Crippen LogP contribution in [0.3, 0.4) is 0 Å². The Labute approximate surface area is 112 Å². The molecule has 0 aliphatic carbocycles. The van der Waals surface area contributed by atoms with Crippen LogP contribution in [0.15, 0.2) is 12.3 Å². The van der Waals surface area contributed by atoms with Crippen LogP contribution in [-0.2, 0) is 0 Å². The molecule has 0 aromatic carbocycles. The fourth-order valence-electron chi connectivity index (χ4n) is 1.60. The van der Waals surface area contributed by atoms with E-state index in [0.717, 1.165) is 19.4 Å². The third-order valence-corrected chi connectivity index (χ3v) is 2.96. The zero-order valence-corrected chi connectivity index (χ0v) is 11.5. The van der Waals surface area contributed by atoms with Crippen molar-refractivity contribution in [1.29, 1.82) is 0 Å². The number of halogens is 1. The first kappa shape index (κ1) is 14.7. The molecule has 0 saturated carbocycles. The highest BCUT2D eigenvalue weighted by Gasteiger charge is 2.15. The number of nitrogens with two attached hydrogens (primary N) is 1. The van der Waals surface area contributed by atoms with Crippen molar-refractivity contribution < 1.29 is 4.79 Å². The zero-order valence-electron chi connectivity index (χ0n) is 10.7. The maximum atomic E-state index is 12.2. The number of carbonyl (C=O) groups is 1. The fraction of sp³-hybridized carbons (Fsp3) is 0.500. The quantitative estimate of drug-likeness (QED) is 0.615. The van der Waals surface area contributed by atoms with E-state index in [1.54, 1.807) is 11.0 Å². The number of anilines is 1. The molecule has 0 bridgehead atoms. The van der Waals surface area contributed by atoms with Crippen LogP contribution in [0.1, 0.15) is 37.0 Å². The Morgan fingerprint density at radius 1 is 1.56 bits per heavy atom. The molecule has 1 rings (SSSR count). The molecule has 0 radical (unpaired) electrons. The molecule has 1 heterocycles. The predicted octanol–water partition coefficient (Wildman–Crippen LogP) is 2.28. The normalized spacial score (nSPS) is 10.2. The lowest BCUT2D eigenvalue weighted by Gasteiger charge is -2.20. The summed E-state index contributed by atoms with van der Waals surface area (Å²) >= 11 is 5.95. The van der Waals surface area contributed by atoms with Gasteiger partial charge in [-0.2, -0.15) is 0 Å². The van der Waals surface area contributed by atoms with Crippen molar-refractivity contribution in [2.75, 3.05) is 18.5 Å². The largest absolute Gasteiger partial charge is 0.339 e. The van der Waals surface area contributed by atoms with E-state index in [4.69, 9.17) is 17.4 Å². The van der Waals surface area contributed by atoms with E-state index in [1.165, 1.54) is 6.20 Å². The molecule has 0 saturated heterocycles. The number of hydrogen-bond donors (Lipinski definition) is 2. The number of aromatic nitrogens is 1. The number of nitrogen functional groups attached to an aromatic ring is 1. The minimum atomic E-state index is -0.0519. The molecule has 6 heteroatoms. The first-order valence-corrected chi connectivity index (χ1v) is 6.43. The van der Waals surface area contributed by atoms with Crippen LogP contribution in [0.2, 0.25) is 5.02 Å². The molecule has 3 N–H and O–H groups in total. The van der Waals surface area contributed by atoms with Crippen LogP contribution in [0.4, 0.5) is 5.82 Å². The second-order valence-corrected chi connectivity index (χ2v) is 4.34. The standard InChI is InChI=1S/C12H19ClN4O/c1-3-5-6-17(4-2)12(18)9-7-10(13)11(16-14)15-8-9/h7-8H,3-6,14H2,1-2H3,(H,15,16). The monoisotopic (exact) mass is 270 g/mol. The summed E-state index contributed by atoms with van der Waals surface area (Å²) in [5.74, 6) is 5.55. The molecule has 18 heavy (non-hydrogen) atoms. The number of hydrazine groups is 1. The van der Waals surface area contributed by atoms with Gasteiger partial charge in [-0.1, -0.05) is 24.9 Å². The van der Waals surface area contributed by atoms with E-state index in [1.807, 2.05) is 6.92 Å². The summed E-state index contributed by atoms with van der Waals surface area (Å²) < 4.78 is 0. The Kier molecular flexibility index (Phi) is 5.88. The molecule has 0 unspecified atom stereocenters. The highest BCUT2D eigenvalue weighted by molar-refractivity contribution is 6.33. The molecule has 1 aromatic heterocycles. The summed E-state index contributed by atoms with van der Waals surface area (Å²) in [6.45, 7) is 5.48. The van der Waals surface area contributed by atoms with Gasteiger partial charge in [0.1, 0.15) is 0 Å². The number of unbranched alkanes of at least 4 members (excludes halogenated alkanes) is 1. The van der Waals surface area contributed by atoms with Crippen molar-refractivity contribution >= 4 is 23.3 Å². The first-order valence-electron chi connectivity index (χ1n) is 6.05. The molecule has 1 amide bonds. The highest BCUT2D eigenvalue weighted by Crippen LogP contribution is 2.19. The van der Waals surface area contributed by atoms with E-state index >= 15 is 0 Å². The number of pyridine rings is 1. The maximum Gasteiger partial charge on any atom is 0.255 e. The van der Waals surface area contributed by atoms with Gasteiger partial charge in [0.2, 0.25) is 0 Å². The van der Waals surface area contributed by atoms with Gasteiger partial charge in [0.15, 0.2) is 5.82 Å². The Morgan fingerprint density at radius 2 is 2.28 bits per heavy atom. The van der Waals surface area contributed by atoms with Crippen LogP contribution in [0, 0.1) is 0 Å². The molecule has 0 spiro atoms. The number of amides is 1. The number of nitrogens with one attached hydrogen (secondary N) is 1. The Balaban J connectivity index is 2.84. The molecular weight excluding hydrogens is 252 g/mol. The van der Waals surface area contributed by atoms with Gasteiger partial charge >= 0.3 is 0 Å². The maximum absolute atomic E-state index is 12.2. The van der Waals surface area contributed by atoms with Gasteiger partial charge in [-0.25, -0.2) is 10.8 Å². The molecule has 0 atom stereocenters. The number of nitrogens with zero attached hydrogens (tertiary/aromatic N) is 2. The molecule has 5 nitrogen and oxygen atoms in total. The van der Waals surface area contributed by atoms with E-state index in [9.17, 15) is 4.79 Å². The van der Waals surface area contributed by atoms with Crippen LogP contribution in [0.5, 0.6) is 0 Å². The van der Waals surface area contributed by atoms with E-state index in [2.05, 4.69) is 17.3 Å². The lowest BCUT2D eigenvalue weighted by atomic mass is 10.2. The van der Waals surface area contributed by atoms with E-state index in [0.29, 0.717) is 22.9 Å². The summed E-state index contributed by atoms with van der Waals surface area (Å²) in [4.78, 5) is 18.0. The van der Waals surface area contributed by atoms with E-state index < -0.39 is 0 Å². The number of hydrogen-bond acceptors (Lipinski definition) is 4. The summed E-state index contributed by atoms with van der Waals surface area (Å²) in [7, 11) is 0. The highest BCUT2D eigenvalue weighted by atomic mass is 35.5. The van der Waals surface area contributed by atoms with E-state index in [-0.39, 0.29) is 5.91 Å². The Bertz CT molecular complexity index is 411. The van der Waals surface area contributed by atoms with Crippen molar-refractivity contribution in [2.45, 2.75) is 26.7 Å². The SMILES string of the molecule is CCCCN(CC)C(=O)c1cnc(NN)c(Cl)c1. The third kappa shape index (κ3) is 3.58. The smallest absolute Gasteiger partial charge is 0.255 e. The first-order chi connectivity index (χ1) is 8.63. The minimum Gasteiger partial charge on any atom is -0.339 e. The third-order valence-electron chi connectivity index (χ3n) is 2.68. The van der Waals surface area contributed by atoms with Crippen molar-refractivity contribution in [1.82, 2.24) is 9.88 Å². The topological polar surface area (TPSA) is 71.2 Å². The average molecular weight is 271 g/mol. The summed E-state index contributed by atoms with van der Waals surface area (Å²) in [6.07, 6.45) is 3.53. The van der Waals surface area contributed by atoms with Gasteiger partial charge in [-0.15, -0.1) is 0 Å². The fourth-order valence-corrected chi connectivity index (χ4v) is 1.82. The van der Waals surface area contributed by atoms with Crippen LogP contribution >= 0.6 is 11.6 Å². The molecule has 0 aliphatic heterocycles. The molecule has 100 valence electrons. The van der Waals surface area contributed by atoms with Crippen molar-refractivity contribution in [3.05, 3.63) is 22.8 Å². The second-order valence-electron chi connectivity index (χ2n) is 3.94. The minimum absolute atomic E-state index is 0.0519. The lowest BCUT2D eigenvalue weighted by molar-refractivity contribution is 0.0762. The van der Waals surface area contributed by atoms with Crippen LogP contribution < -0.4 is 11.3 Å². The van der Waals surface area contributed by atoms with Crippen LogP contribution in [-0.4, -0.2) is 28.9 Å². The van der Waals surface area contributed by atoms with Crippen molar-refractivity contribution in [3.63, 3.8) is 0 Å². The summed E-state index contributed by atoms with van der Waals surface area (Å²) in [5, 5.41) is 0.342. The summed E-state index contributed by atoms with van der Waals surface area (Å²) in [5.41, 5.74) is 2.85. The molecule has 0 aliphatic rings. The lowest BCUT2D eigenvalue weighted by Crippen LogP contribution is -2.31.